The molecule has 68 valence electrons. The van der Waals surface area contributed by atoms with Crippen molar-refractivity contribution in [3.63, 3.8) is 0 Å². The third-order valence-corrected chi connectivity index (χ3v) is 2.82. The van der Waals surface area contributed by atoms with Gasteiger partial charge in [0.1, 0.15) is 11.7 Å². The van der Waals surface area contributed by atoms with E-state index in [0.717, 1.165) is 0 Å². The lowest BCUT2D eigenvalue weighted by molar-refractivity contribution is -0.471. The van der Waals surface area contributed by atoms with E-state index < -0.39 is 11.2 Å². The molecule has 2 aliphatic heterocycles. The predicted octanol–water partition coefficient (Wildman–Crippen LogP) is 1.28. The first kappa shape index (κ1) is 8.19. The van der Waals surface area contributed by atoms with Crippen LogP contribution in [-0.4, -0.2) is 22.6 Å². The molecule has 4 heteroatoms. The topological polar surface area (TPSA) is 47.9 Å². The molecule has 2 heterocycles. The molecule has 0 aromatic heterocycles. The molecule has 0 aromatic rings. The zero-order chi connectivity index (χ0) is 8.82. The molecule has 1 fully saturated rings. The Morgan fingerprint density at radius 1 is 1.58 bits per heavy atom. The lowest BCUT2D eigenvalue weighted by atomic mass is 9.76. The van der Waals surface area contributed by atoms with Gasteiger partial charge in [-0.2, -0.15) is 0 Å². The Bertz CT molecular complexity index is 227. The van der Waals surface area contributed by atoms with Crippen molar-refractivity contribution in [2.24, 2.45) is 0 Å². The summed E-state index contributed by atoms with van der Waals surface area (Å²) < 4.78 is 0. The van der Waals surface area contributed by atoms with Crippen LogP contribution >= 0.6 is 0 Å². The van der Waals surface area contributed by atoms with Gasteiger partial charge in [0.05, 0.1) is 0 Å². The van der Waals surface area contributed by atoms with Gasteiger partial charge in [-0.3, -0.25) is 5.26 Å². The van der Waals surface area contributed by atoms with E-state index in [1.54, 1.807) is 6.92 Å². The summed E-state index contributed by atoms with van der Waals surface area (Å²) in [4.78, 5) is 14.6. The van der Waals surface area contributed by atoms with Crippen LogP contribution in [0, 0.1) is 0 Å². The molecule has 1 N–H and O–H groups in total. The van der Waals surface area contributed by atoms with E-state index in [1.807, 2.05) is 19.1 Å². The summed E-state index contributed by atoms with van der Waals surface area (Å²) >= 11 is 0. The fourth-order valence-electron chi connectivity index (χ4n) is 1.59. The largest absolute Gasteiger partial charge is 0.251 e. The molecule has 0 radical (unpaired) electrons. The maximum atomic E-state index is 8.77. The smallest absolute Gasteiger partial charge is 0.151 e. The molecule has 3 rings (SSSR count). The highest BCUT2D eigenvalue weighted by Crippen LogP contribution is 2.43. The van der Waals surface area contributed by atoms with Gasteiger partial charge in [-0.25, -0.2) is 14.7 Å². The molecule has 2 bridgehead atoms. The van der Waals surface area contributed by atoms with Crippen LogP contribution in [-0.2, 0) is 14.7 Å². The van der Waals surface area contributed by atoms with Gasteiger partial charge in [-0.1, -0.05) is 6.08 Å². The predicted molar refractivity (Wildman–Crippen MR) is 40.2 cm³/mol. The second-order valence-electron chi connectivity index (χ2n) is 3.71. The summed E-state index contributed by atoms with van der Waals surface area (Å²) in [6.07, 6.45) is 4.28. The third kappa shape index (κ3) is 0.863. The summed E-state index contributed by atoms with van der Waals surface area (Å²) in [5, 5.41) is 8.77. The first-order valence-electron chi connectivity index (χ1n) is 3.96. The van der Waals surface area contributed by atoms with E-state index in [4.69, 9.17) is 15.0 Å². The second kappa shape index (κ2) is 2.29. The Morgan fingerprint density at radius 2 is 2.33 bits per heavy atom. The van der Waals surface area contributed by atoms with Crippen molar-refractivity contribution in [3.05, 3.63) is 12.2 Å². The Hall–Kier alpha value is -0.420. The van der Waals surface area contributed by atoms with Crippen LogP contribution in [0.15, 0.2) is 12.2 Å². The number of fused-ring (bicyclic) bond motifs is 2. The highest BCUT2D eigenvalue weighted by Gasteiger charge is 2.55. The van der Waals surface area contributed by atoms with Crippen molar-refractivity contribution < 1.29 is 19.9 Å². The van der Waals surface area contributed by atoms with E-state index in [2.05, 4.69) is 4.89 Å². The van der Waals surface area contributed by atoms with Crippen LogP contribution in [0.5, 0.6) is 0 Å². The summed E-state index contributed by atoms with van der Waals surface area (Å²) in [6.45, 7) is 3.61. The highest BCUT2D eigenvalue weighted by atomic mass is 17.2. The average molecular weight is 172 g/mol. The summed E-state index contributed by atoms with van der Waals surface area (Å²) in [5.74, 6) is 0. The van der Waals surface area contributed by atoms with Crippen molar-refractivity contribution in [2.45, 2.75) is 37.6 Å². The number of rotatable bonds is 1. The highest BCUT2D eigenvalue weighted by molar-refractivity contribution is 5.19. The van der Waals surface area contributed by atoms with Crippen LogP contribution in [0.25, 0.3) is 0 Å². The maximum absolute atomic E-state index is 8.77. The van der Waals surface area contributed by atoms with Gasteiger partial charge in [0.2, 0.25) is 0 Å². The Morgan fingerprint density at radius 3 is 2.67 bits per heavy atom. The van der Waals surface area contributed by atoms with E-state index in [-0.39, 0.29) is 6.10 Å². The minimum Gasteiger partial charge on any atom is -0.251 e. The molecule has 0 spiro atoms. The van der Waals surface area contributed by atoms with Crippen LogP contribution in [0.2, 0.25) is 0 Å². The molecule has 1 aliphatic carbocycles. The van der Waals surface area contributed by atoms with Crippen LogP contribution < -0.4 is 0 Å². The molecular weight excluding hydrogens is 160 g/mol. The van der Waals surface area contributed by atoms with Crippen molar-refractivity contribution in [1.82, 2.24) is 0 Å². The summed E-state index contributed by atoms with van der Waals surface area (Å²) in [7, 11) is 0. The third-order valence-electron chi connectivity index (χ3n) is 2.82. The average Bonchev–Trinajstić information content (AvgIpc) is 2.08. The molecule has 3 atom stereocenters. The van der Waals surface area contributed by atoms with E-state index in [1.165, 1.54) is 0 Å². The second-order valence-corrected chi connectivity index (χ2v) is 3.71. The molecule has 0 saturated carbocycles. The monoisotopic (exact) mass is 172 g/mol. The van der Waals surface area contributed by atoms with Gasteiger partial charge in [0.15, 0.2) is 5.60 Å². The van der Waals surface area contributed by atoms with Gasteiger partial charge in [0.25, 0.3) is 0 Å². The molecule has 0 aromatic carbocycles. The van der Waals surface area contributed by atoms with Crippen LogP contribution in [0.4, 0.5) is 0 Å². The molecule has 0 unspecified atom stereocenters. The van der Waals surface area contributed by atoms with Gasteiger partial charge in [0, 0.05) is 6.42 Å². The van der Waals surface area contributed by atoms with Crippen molar-refractivity contribution in [2.75, 3.05) is 0 Å². The molecule has 3 aliphatic rings. The lowest BCUT2D eigenvalue weighted by Gasteiger charge is -2.48. The number of hydrogen-bond acceptors (Lipinski definition) is 4. The maximum Gasteiger partial charge on any atom is 0.151 e. The van der Waals surface area contributed by atoms with Gasteiger partial charge in [-0.05, 0) is 19.9 Å². The fraction of sp³-hybridized carbons (Fsp3) is 0.750. The summed E-state index contributed by atoms with van der Waals surface area (Å²) in [5.41, 5.74) is -1.39. The van der Waals surface area contributed by atoms with E-state index in [0.29, 0.717) is 6.42 Å². The molecule has 0 amide bonds. The van der Waals surface area contributed by atoms with Crippen molar-refractivity contribution in [3.8, 4) is 0 Å². The Balaban J connectivity index is 2.36. The molecule has 12 heavy (non-hydrogen) atoms. The zero-order valence-corrected chi connectivity index (χ0v) is 7.11. The van der Waals surface area contributed by atoms with Crippen molar-refractivity contribution >= 4 is 0 Å². The Labute approximate surface area is 70.6 Å². The van der Waals surface area contributed by atoms with Gasteiger partial charge < -0.3 is 0 Å². The minimum atomic E-state index is -0.704. The molecular formula is C8H12O4. The Kier molecular flexibility index (Phi) is 1.56. The minimum absolute atomic E-state index is 0.107. The standard InChI is InChI=1S/C8H12O4/c1-7-4-3-6(10-12-7)5-8(7,2)11-9/h3-4,6,9H,5H2,1-2H3/t6-,7+,8+/m0/s1. The summed E-state index contributed by atoms with van der Waals surface area (Å²) in [6, 6.07) is 0. The van der Waals surface area contributed by atoms with E-state index >= 15 is 0 Å². The molecule has 4 nitrogen and oxygen atoms in total. The first-order chi connectivity index (χ1) is 5.60. The van der Waals surface area contributed by atoms with Crippen molar-refractivity contribution in [1.29, 1.82) is 0 Å². The quantitative estimate of drug-likeness (QED) is 0.368. The molecule has 1 saturated heterocycles. The van der Waals surface area contributed by atoms with Crippen LogP contribution in [0.1, 0.15) is 20.3 Å². The lowest BCUT2D eigenvalue weighted by Crippen LogP contribution is -2.60. The SMILES string of the molecule is C[C@@]12C=C[C@@H](C[C@@]1(C)OO)OO2. The van der Waals surface area contributed by atoms with E-state index in [9.17, 15) is 0 Å². The number of hydrogen-bond donors (Lipinski definition) is 1. The normalized spacial score (nSPS) is 51.4. The van der Waals surface area contributed by atoms with Gasteiger partial charge >= 0.3 is 0 Å². The first-order valence-corrected chi connectivity index (χ1v) is 3.96. The van der Waals surface area contributed by atoms with Crippen LogP contribution in [0.3, 0.4) is 0 Å². The van der Waals surface area contributed by atoms with Gasteiger partial charge in [-0.15, -0.1) is 0 Å². The zero-order valence-electron chi connectivity index (χ0n) is 7.11. The fourth-order valence-corrected chi connectivity index (χ4v) is 1.59.